The molecule has 2 aromatic carbocycles. The van der Waals surface area contributed by atoms with Crippen LogP contribution in [0.5, 0.6) is 5.75 Å². The van der Waals surface area contributed by atoms with E-state index < -0.39 is 11.0 Å². The Morgan fingerprint density at radius 3 is 2.19 bits per heavy atom. The number of hydrogen-bond donors (Lipinski definition) is 0. The van der Waals surface area contributed by atoms with E-state index in [0.717, 1.165) is 23.3 Å². The number of nitrogens with zero attached hydrogens (tertiary/aromatic N) is 2. The zero-order chi connectivity index (χ0) is 26.1. The molecular weight excluding hydrogens is 459 g/mol. The van der Waals surface area contributed by atoms with E-state index in [1.807, 2.05) is 49.9 Å². The van der Waals surface area contributed by atoms with E-state index in [0.29, 0.717) is 32.5 Å². The Balaban J connectivity index is 1.57. The highest BCUT2D eigenvalue weighted by Crippen LogP contribution is 2.48. The van der Waals surface area contributed by atoms with Crippen LogP contribution >= 0.6 is 0 Å². The smallest absolute Gasteiger partial charge is 0.410 e. The van der Waals surface area contributed by atoms with Crippen LogP contribution in [0.4, 0.5) is 9.18 Å². The summed E-state index contributed by atoms with van der Waals surface area (Å²) < 4.78 is 24.7. The Kier molecular flexibility index (Phi) is 7.30. The van der Waals surface area contributed by atoms with Gasteiger partial charge in [0, 0.05) is 31.0 Å². The molecule has 0 saturated carbocycles. The predicted octanol–water partition coefficient (Wildman–Crippen LogP) is 5.71. The lowest BCUT2D eigenvalue weighted by Crippen LogP contribution is -2.51. The molecule has 1 unspecified atom stereocenters. The maximum absolute atomic E-state index is 13.9. The lowest BCUT2D eigenvalue weighted by atomic mass is 9.63. The molecule has 0 radical (unpaired) electrons. The minimum absolute atomic E-state index is 0.0690. The Bertz CT molecular complexity index is 1070. The molecule has 0 spiro atoms. The van der Waals surface area contributed by atoms with Crippen LogP contribution in [0, 0.1) is 11.7 Å². The van der Waals surface area contributed by atoms with Crippen LogP contribution in [0.15, 0.2) is 48.5 Å². The predicted molar refractivity (Wildman–Crippen MR) is 136 cm³/mol. The van der Waals surface area contributed by atoms with Crippen LogP contribution < -0.4 is 4.74 Å². The van der Waals surface area contributed by atoms with Gasteiger partial charge in [-0.1, -0.05) is 24.3 Å². The van der Waals surface area contributed by atoms with Gasteiger partial charge in [-0.3, -0.25) is 4.79 Å². The minimum atomic E-state index is -0.567. The van der Waals surface area contributed by atoms with Crippen molar-refractivity contribution in [3.63, 3.8) is 0 Å². The molecule has 36 heavy (non-hydrogen) atoms. The van der Waals surface area contributed by atoms with Gasteiger partial charge in [-0.2, -0.15) is 0 Å². The van der Waals surface area contributed by atoms with E-state index in [1.54, 1.807) is 24.1 Å². The molecule has 2 fully saturated rings. The van der Waals surface area contributed by atoms with Crippen LogP contribution in [0.3, 0.4) is 0 Å². The second-order valence-electron chi connectivity index (χ2n) is 11.0. The van der Waals surface area contributed by atoms with Crippen LogP contribution in [0.25, 0.3) is 0 Å². The molecular formula is C29H37FN2O4. The third-order valence-corrected chi connectivity index (χ3v) is 7.70. The summed E-state index contributed by atoms with van der Waals surface area (Å²) in [6.07, 6.45) is 1.64. The van der Waals surface area contributed by atoms with Gasteiger partial charge in [0.25, 0.3) is 0 Å². The molecule has 7 heteroatoms. The second-order valence-corrected chi connectivity index (χ2v) is 11.0. The molecule has 2 aromatic rings. The number of benzene rings is 2. The van der Waals surface area contributed by atoms with Crippen LogP contribution in [0.2, 0.25) is 0 Å². The summed E-state index contributed by atoms with van der Waals surface area (Å²) in [6, 6.07) is 14.3. The van der Waals surface area contributed by atoms with E-state index in [1.165, 1.54) is 12.1 Å². The van der Waals surface area contributed by atoms with Gasteiger partial charge in [0.05, 0.1) is 13.2 Å². The van der Waals surface area contributed by atoms with Crippen molar-refractivity contribution in [2.24, 2.45) is 5.92 Å². The lowest BCUT2D eigenvalue weighted by Gasteiger charge is -2.45. The molecule has 6 nitrogen and oxygen atoms in total. The van der Waals surface area contributed by atoms with Gasteiger partial charge >= 0.3 is 6.09 Å². The van der Waals surface area contributed by atoms with Gasteiger partial charge in [0.1, 0.15) is 17.2 Å². The number of halogens is 1. The van der Waals surface area contributed by atoms with Crippen molar-refractivity contribution in [2.45, 2.75) is 64.0 Å². The topological polar surface area (TPSA) is 59.1 Å². The number of piperidine rings is 1. The lowest BCUT2D eigenvalue weighted by molar-refractivity contribution is -0.135. The molecule has 0 aromatic heterocycles. The van der Waals surface area contributed by atoms with Crippen LogP contribution in [0.1, 0.15) is 64.1 Å². The molecule has 0 bridgehead atoms. The molecule has 194 valence electrons. The highest BCUT2D eigenvalue weighted by molar-refractivity contribution is 5.83. The average molecular weight is 497 g/mol. The first-order valence-electron chi connectivity index (χ1n) is 12.7. The number of hydrogen-bond acceptors (Lipinski definition) is 4. The molecule has 4 rings (SSSR count). The Hall–Kier alpha value is -3.09. The summed E-state index contributed by atoms with van der Waals surface area (Å²) in [4.78, 5) is 30.3. The summed E-state index contributed by atoms with van der Waals surface area (Å²) in [7, 11) is 1.63. The summed E-state index contributed by atoms with van der Waals surface area (Å²) in [5, 5.41) is 0. The maximum Gasteiger partial charge on any atom is 0.410 e. The van der Waals surface area contributed by atoms with Gasteiger partial charge in [-0.15, -0.1) is 0 Å². The average Bonchev–Trinajstić information content (AvgIpc) is 3.24. The summed E-state index contributed by atoms with van der Waals surface area (Å²) in [6.45, 7) is 9.26. The molecule has 0 N–H and O–H groups in total. The fraction of sp³-hybridized carbons (Fsp3) is 0.517. The van der Waals surface area contributed by atoms with Crippen molar-refractivity contribution in [1.29, 1.82) is 0 Å². The first kappa shape index (κ1) is 26.0. The third kappa shape index (κ3) is 5.20. The van der Waals surface area contributed by atoms with E-state index in [9.17, 15) is 14.0 Å². The Morgan fingerprint density at radius 2 is 1.64 bits per heavy atom. The SMILES string of the molecule is COc1ccc([C@@H](C)N2CCC(C3(c4ccc(F)cc4)CCN(C(=O)OC(C)(C)C)CC3)C2=O)cc1. The van der Waals surface area contributed by atoms with Crippen LogP contribution in [-0.4, -0.2) is 54.1 Å². The normalized spacial score (nSPS) is 20.8. The molecule has 2 heterocycles. The van der Waals surface area contributed by atoms with Gasteiger partial charge in [-0.25, -0.2) is 9.18 Å². The minimum Gasteiger partial charge on any atom is -0.497 e. The number of methoxy groups -OCH3 is 1. The second kappa shape index (κ2) is 10.1. The largest absolute Gasteiger partial charge is 0.497 e. The van der Waals surface area contributed by atoms with E-state index >= 15 is 0 Å². The molecule has 2 atom stereocenters. The van der Waals surface area contributed by atoms with Crippen molar-refractivity contribution in [2.75, 3.05) is 26.7 Å². The summed E-state index contributed by atoms with van der Waals surface area (Å²) >= 11 is 0. The number of rotatable bonds is 5. The maximum atomic E-state index is 13.9. The standard InChI is InChI=1S/C29H37FN2O4/c1-20(21-6-12-24(35-5)13-7-21)32-17-14-25(26(32)33)29(22-8-10-23(30)11-9-22)15-18-31(19-16-29)27(34)36-28(2,3)4/h6-13,20,25H,14-19H2,1-5H3/t20-,25?/m1/s1. The van der Waals surface area contributed by atoms with E-state index in [-0.39, 0.29) is 29.8 Å². The number of ether oxygens (including phenoxy) is 2. The zero-order valence-corrected chi connectivity index (χ0v) is 21.9. The Labute approximate surface area is 213 Å². The number of likely N-dealkylation sites (tertiary alicyclic amines) is 2. The van der Waals surface area contributed by atoms with Gasteiger partial charge < -0.3 is 19.3 Å². The fourth-order valence-corrected chi connectivity index (χ4v) is 5.70. The molecule has 2 amide bonds. The van der Waals surface area contributed by atoms with Crippen molar-refractivity contribution in [3.05, 3.63) is 65.5 Å². The highest BCUT2D eigenvalue weighted by Gasteiger charge is 2.51. The van der Waals surface area contributed by atoms with Crippen molar-refractivity contribution in [3.8, 4) is 5.75 Å². The highest BCUT2D eigenvalue weighted by atomic mass is 19.1. The number of carbonyl (C=O) groups is 2. The molecule has 0 aliphatic carbocycles. The first-order valence-corrected chi connectivity index (χ1v) is 12.7. The van der Waals surface area contributed by atoms with Gasteiger partial charge in [0.15, 0.2) is 0 Å². The summed E-state index contributed by atoms with van der Waals surface area (Å²) in [5.74, 6) is 0.369. The van der Waals surface area contributed by atoms with Crippen molar-refractivity contribution < 1.29 is 23.5 Å². The van der Waals surface area contributed by atoms with Gasteiger partial charge in [0.2, 0.25) is 5.91 Å². The quantitative estimate of drug-likeness (QED) is 0.532. The number of amides is 2. The number of carbonyl (C=O) groups excluding carboxylic acids is 2. The third-order valence-electron chi connectivity index (χ3n) is 7.70. The zero-order valence-electron chi connectivity index (χ0n) is 21.9. The first-order chi connectivity index (χ1) is 17.0. The molecule has 2 aliphatic heterocycles. The van der Waals surface area contributed by atoms with E-state index in [4.69, 9.17) is 9.47 Å². The van der Waals surface area contributed by atoms with Crippen molar-refractivity contribution >= 4 is 12.0 Å². The van der Waals surface area contributed by atoms with Crippen LogP contribution in [-0.2, 0) is 14.9 Å². The fourth-order valence-electron chi connectivity index (χ4n) is 5.70. The summed E-state index contributed by atoms with van der Waals surface area (Å²) in [5.41, 5.74) is 0.991. The van der Waals surface area contributed by atoms with E-state index in [2.05, 4.69) is 6.92 Å². The Morgan fingerprint density at radius 1 is 1.03 bits per heavy atom. The molecule has 2 saturated heterocycles. The van der Waals surface area contributed by atoms with Gasteiger partial charge in [-0.05, 0) is 82.3 Å². The molecule has 2 aliphatic rings. The monoisotopic (exact) mass is 496 g/mol. The van der Waals surface area contributed by atoms with Crippen molar-refractivity contribution in [1.82, 2.24) is 9.80 Å².